The van der Waals surface area contributed by atoms with Crippen molar-refractivity contribution in [1.82, 2.24) is 14.6 Å². The average molecular weight is 194 g/mol. The maximum atomic E-state index is 10.9. The minimum Gasteiger partial charge on any atom is -0.382 e. The molecule has 14 heavy (non-hydrogen) atoms. The van der Waals surface area contributed by atoms with Gasteiger partial charge in [-0.05, 0) is 19.1 Å². The molecule has 0 bridgehead atoms. The van der Waals surface area contributed by atoms with Crippen LogP contribution in [0, 0.1) is 6.92 Å². The standard InChI is InChI=1S/C7H8N4O.C2H6/c1-4-2-3-5-6(8)9-7(12)10-11(4)5;1-2/h2-3H,1H3,(H3,8,9,10,12);1-2H3. The van der Waals surface area contributed by atoms with Crippen molar-refractivity contribution < 1.29 is 0 Å². The van der Waals surface area contributed by atoms with Gasteiger partial charge in [0.25, 0.3) is 0 Å². The summed E-state index contributed by atoms with van der Waals surface area (Å²) in [5, 5.41) is 2.55. The molecule has 2 aromatic heterocycles. The lowest BCUT2D eigenvalue weighted by Crippen LogP contribution is -2.17. The van der Waals surface area contributed by atoms with Gasteiger partial charge in [0.15, 0.2) is 5.82 Å². The van der Waals surface area contributed by atoms with E-state index in [2.05, 4.69) is 10.1 Å². The number of anilines is 1. The Morgan fingerprint density at radius 1 is 1.43 bits per heavy atom. The molecule has 5 heteroatoms. The van der Waals surface area contributed by atoms with Gasteiger partial charge in [0, 0.05) is 5.69 Å². The largest absolute Gasteiger partial charge is 0.382 e. The van der Waals surface area contributed by atoms with Crippen LogP contribution in [-0.4, -0.2) is 14.6 Å². The number of aryl methyl sites for hydroxylation is 1. The molecule has 0 radical (unpaired) electrons. The highest BCUT2D eigenvalue weighted by molar-refractivity contribution is 5.65. The maximum absolute atomic E-state index is 10.9. The van der Waals surface area contributed by atoms with Gasteiger partial charge in [0.05, 0.1) is 0 Å². The highest BCUT2D eigenvalue weighted by Gasteiger charge is 2.02. The van der Waals surface area contributed by atoms with E-state index in [4.69, 9.17) is 5.73 Å². The zero-order chi connectivity index (χ0) is 10.7. The molecule has 0 fully saturated rings. The highest BCUT2D eigenvalue weighted by atomic mass is 16.1. The van der Waals surface area contributed by atoms with Gasteiger partial charge in [0.1, 0.15) is 5.52 Å². The molecule has 0 amide bonds. The molecule has 0 saturated heterocycles. The van der Waals surface area contributed by atoms with Crippen molar-refractivity contribution in [3.05, 3.63) is 28.3 Å². The number of hydrogen-bond acceptors (Lipinski definition) is 3. The Balaban J connectivity index is 0.000000461. The van der Waals surface area contributed by atoms with Gasteiger partial charge < -0.3 is 5.73 Å². The Labute approximate surface area is 81.6 Å². The molecule has 0 aliphatic carbocycles. The van der Waals surface area contributed by atoms with E-state index in [9.17, 15) is 4.79 Å². The molecular weight excluding hydrogens is 180 g/mol. The van der Waals surface area contributed by atoms with E-state index >= 15 is 0 Å². The van der Waals surface area contributed by atoms with Crippen LogP contribution in [0.3, 0.4) is 0 Å². The fourth-order valence-electron chi connectivity index (χ4n) is 1.17. The van der Waals surface area contributed by atoms with Crippen molar-refractivity contribution >= 4 is 11.3 Å². The third-order valence-corrected chi connectivity index (χ3v) is 1.77. The summed E-state index contributed by atoms with van der Waals surface area (Å²) < 4.78 is 1.62. The van der Waals surface area contributed by atoms with Crippen LogP contribution >= 0.6 is 0 Å². The molecule has 76 valence electrons. The first-order valence-electron chi connectivity index (χ1n) is 4.52. The van der Waals surface area contributed by atoms with Crippen LogP contribution in [-0.2, 0) is 0 Å². The number of H-pyrrole nitrogens is 1. The van der Waals surface area contributed by atoms with E-state index in [1.807, 2.05) is 32.9 Å². The van der Waals surface area contributed by atoms with Crippen molar-refractivity contribution in [2.45, 2.75) is 20.8 Å². The lowest BCUT2D eigenvalue weighted by atomic mass is 10.5. The van der Waals surface area contributed by atoms with Crippen molar-refractivity contribution in [3.63, 3.8) is 0 Å². The minimum atomic E-state index is -0.431. The lowest BCUT2D eigenvalue weighted by Gasteiger charge is -1.98. The highest BCUT2D eigenvalue weighted by Crippen LogP contribution is 2.09. The molecule has 0 unspecified atom stereocenters. The molecule has 0 aliphatic rings. The fraction of sp³-hybridized carbons (Fsp3) is 0.333. The van der Waals surface area contributed by atoms with Gasteiger partial charge in [-0.25, -0.2) is 9.89 Å². The molecular formula is C9H14N4O. The predicted molar refractivity (Wildman–Crippen MR) is 56.3 cm³/mol. The summed E-state index contributed by atoms with van der Waals surface area (Å²) in [5.74, 6) is 0.256. The second-order valence-corrected chi connectivity index (χ2v) is 2.61. The monoisotopic (exact) mass is 194 g/mol. The van der Waals surface area contributed by atoms with Gasteiger partial charge in [-0.3, -0.25) is 4.52 Å². The maximum Gasteiger partial charge on any atom is 0.362 e. The summed E-state index contributed by atoms with van der Waals surface area (Å²) in [7, 11) is 0. The zero-order valence-electron chi connectivity index (χ0n) is 8.53. The lowest BCUT2D eigenvalue weighted by molar-refractivity contribution is 0.839. The van der Waals surface area contributed by atoms with Crippen LogP contribution < -0.4 is 11.4 Å². The molecule has 2 aromatic rings. The van der Waals surface area contributed by atoms with E-state index < -0.39 is 5.69 Å². The van der Waals surface area contributed by atoms with Crippen molar-refractivity contribution in [2.75, 3.05) is 5.73 Å². The van der Waals surface area contributed by atoms with E-state index in [1.165, 1.54) is 0 Å². The third-order valence-electron chi connectivity index (χ3n) is 1.77. The van der Waals surface area contributed by atoms with E-state index in [1.54, 1.807) is 4.52 Å². The number of aromatic amines is 1. The molecule has 0 saturated carbocycles. The van der Waals surface area contributed by atoms with Gasteiger partial charge in [-0.2, -0.15) is 4.98 Å². The molecule has 3 N–H and O–H groups in total. The minimum absolute atomic E-state index is 0.256. The summed E-state index contributed by atoms with van der Waals surface area (Å²) >= 11 is 0. The first-order valence-corrected chi connectivity index (χ1v) is 4.52. The summed E-state index contributed by atoms with van der Waals surface area (Å²) in [4.78, 5) is 14.4. The molecule has 0 aliphatic heterocycles. The van der Waals surface area contributed by atoms with Crippen LogP contribution in [0.1, 0.15) is 19.5 Å². The summed E-state index contributed by atoms with van der Waals surface area (Å²) in [6, 6.07) is 3.68. The zero-order valence-corrected chi connectivity index (χ0v) is 8.53. The molecule has 2 rings (SSSR count). The van der Waals surface area contributed by atoms with Crippen LogP contribution in [0.15, 0.2) is 16.9 Å². The Bertz CT molecular complexity index is 483. The second kappa shape index (κ2) is 3.95. The summed E-state index contributed by atoms with van der Waals surface area (Å²) in [5.41, 5.74) is 6.74. The average Bonchev–Trinajstić information content (AvgIpc) is 2.52. The second-order valence-electron chi connectivity index (χ2n) is 2.61. The molecule has 0 aromatic carbocycles. The number of aromatic nitrogens is 3. The van der Waals surface area contributed by atoms with Gasteiger partial charge in [0.2, 0.25) is 0 Å². The smallest absolute Gasteiger partial charge is 0.362 e. The number of fused-ring (bicyclic) bond motifs is 1. The Hall–Kier alpha value is -1.78. The van der Waals surface area contributed by atoms with Crippen LogP contribution in [0.2, 0.25) is 0 Å². The van der Waals surface area contributed by atoms with Crippen LogP contribution in [0.5, 0.6) is 0 Å². The molecule has 0 spiro atoms. The Morgan fingerprint density at radius 2 is 2.07 bits per heavy atom. The quantitative estimate of drug-likeness (QED) is 0.655. The van der Waals surface area contributed by atoms with Crippen LogP contribution in [0.25, 0.3) is 5.52 Å². The van der Waals surface area contributed by atoms with Gasteiger partial charge >= 0.3 is 5.69 Å². The SMILES string of the molecule is CC.Cc1ccc2c(N)nc(=O)[nH]n12. The van der Waals surface area contributed by atoms with E-state index in [0.717, 1.165) is 11.2 Å². The number of nitrogen functional groups attached to an aromatic ring is 1. The number of hydrogen-bond donors (Lipinski definition) is 2. The van der Waals surface area contributed by atoms with E-state index in [-0.39, 0.29) is 5.82 Å². The number of nitrogens with one attached hydrogen (secondary N) is 1. The normalized spacial score (nSPS) is 9.64. The topological polar surface area (TPSA) is 76.2 Å². The first-order chi connectivity index (χ1) is 6.68. The summed E-state index contributed by atoms with van der Waals surface area (Å²) in [6.07, 6.45) is 0. The van der Waals surface area contributed by atoms with Gasteiger partial charge in [-0.1, -0.05) is 13.8 Å². The molecule has 0 atom stereocenters. The number of nitrogens with two attached hydrogens (primary N) is 1. The van der Waals surface area contributed by atoms with Crippen molar-refractivity contribution in [2.24, 2.45) is 0 Å². The Kier molecular flexibility index (Phi) is 2.91. The summed E-state index contributed by atoms with van der Waals surface area (Å²) in [6.45, 7) is 5.88. The van der Waals surface area contributed by atoms with Gasteiger partial charge in [-0.15, -0.1) is 0 Å². The fourth-order valence-corrected chi connectivity index (χ4v) is 1.17. The molecule has 2 heterocycles. The molecule has 5 nitrogen and oxygen atoms in total. The number of rotatable bonds is 0. The van der Waals surface area contributed by atoms with Crippen molar-refractivity contribution in [3.8, 4) is 0 Å². The third kappa shape index (κ3) is 1.61. The number of nitrogens with zero attached hydrogens (tertiary/aromatic N) is 2. The predicted octanol–water partition coefficient (Wildman–Crippen LogP) is 0.939. The van der Waals surface area contributed by atoms with E-state index in [0.29, 0.717) is 0 Å². The Morgan fingerprint density at radius 3 is 2.71 bits per heavy atom. The first kappa shape index (κ1) is 10.3. The van der Waals surface area contributed by atoms with Crippen LogP contribution in [0.4, 0.5) is 5.82 Å². The van der Waals surface area contributed by atoms with Crippen molar-refractivity contribution in [1.29, 1.82) is 0 Å².